The highest BCUT2D eigenvalue weighted by molar-refractivity contribution is 5.83. The van der Waals surface area contributed by atoms with Crippen LogP contribution in [-0.4, -0.2) is 36.6 Å². The molecule has 1 heterocycles. The standard InChI is InChI=1S/C12H22N2O3/c1-3-12(5-7-13-8-12)11(17)14-6-4-9(2)10(15)16/h9,13H,3-8H2,1-2H3,(H,14,17)(H,15,16). The van der Waals surface area contributed by atoms with Crippen LogP contribution in [0.1, 0.15) is 33.1 Å². The zero-order chi connectivity index (χ0) is 12.9. The van der Waals surface area contributed by atoms with Crippen LogP contribution < -0.4 is 10.6 Å². The number of amides is 1. The first-order chi connectivity index (χ1) is 8.02. The van der Waals surface area contributed by atoms with Gasteiger partial charge in [0.05, 0.1) is 11.3 Å². The van der Waals surface area contributed by atoms with Crippen molar-refractivity contribution in [3.8, 4) is 0 Å². The van der Waals surface area contributed by atoms with E-state index in [1.54, 1.807) is 6.92 Å². The molecular formula is C12H22N2O3. The normalized spacial score (nSPS) is 25.5. The van der Waals surface area contributed by atoms with Gasteiger partial charge in [0.1, 0.15) is 0 Å². The number of aliphatic carboxylic acids is 1. The first-order valence-corrected chi connectivity index (χ1v) is 6.23. The summed E-state index contributed by atoms with van der Waals surface area (Å²) in [6.07, 6.45) is 2.17. The number of hydrogen-bond donors (Lipinski definition) is 3. The van der Waals surface area contributed by atoms with Crippen LogP contribution in [0.3, 0.4) is 0 Å². The summed E-state index contributed by atoms with van der Waals surface area (Å²) in [6.45, 7) is 5.72. The van der Waals surface area contributed by atoms with Gasteiger partial charge in [-0.2, -0.15) is 0 Å². The van der Waals surface area contributed by atoms with Crippen LogP contribution in [0.25, 0.3) is 0 Å². The van der Waals surface area contributed by atoms with Crippen molar-refractivity contribution in [2.45, 2.75) is 33.1 Å². The molecule has 0 aliphatic carbocycles. The van der Waals surface area contributed by atoms with Crippen LogP contribution in [0.15, 0.2) is 0 Å². The molecule has 98 valence electrons. The minimum Gasteiger partial charge on any atom is -0.481 e. The van der Waals surface area contributed by atoms with Crippen molar-refractivity contribution < 1.29 is 14.7 Å². The maximum absolute atomic E-state index is 12.1. The molecule has 1 fully saturated rings. The number of carboxylic acids is 1. The molecule has 5 nitrogen and oxygen atoms in total. The summed E-state index contributed by atoms with van der Waals surface area (Å²) in [5, 5.41) is 14.8. The maximum atomic E-state index is 12.1. The van der Waals surface area contributed by atoms with Gasteiger partial charge >= 0.3 is 5.97 Å². The van der Waals surface area contributed by atoms with Gasteiger partial charge in [0, 0.05) is 13.1 Å². The predicted molar refractivity (Wildman–Crippen MR) is 64.6 cm³/mol. The second-order valence-electron chi connectivity index (χ2n) is 4.84. The van der Waals surface area contributed by atoms with Crippen molar-refractivity contribution in [2.75, 3.05) is 19.6 Å². The largest absolute Gasteiger partial charge is 0.481 e. The third-order valence-electron chi connectivity index (χ3n) is 3.69. The van der Waals surface area contributed by atoms with E-state index in [1.165, 1.54) is 0 Å². The topological polar surface area (TPSA) is 78.4 Å². The van der Waals surface area contributed by atoms with Crippen molar-refractivity contribution in [1.29, 1.82) is 0 Å². The zero-order valence-corrected chi connectivity index (χ0v) is 10.6. The van der Waals surface area contributed by atoms with E-state index in [1.807, 2.05) is 6.92 Å². The van der Waals surface area contributed by atoms with Gasteiger partial charge in [-0.25, -0.2) is 0 Å². The van der Waals surface area contributed by atoms with Gasteiger partial charge in [-0.1, -0.05) is 13.8 Å². The molecule has 17 heavy (non-hydrogen) atoms. The van der Waals surface area contributed by atoms with Crippen molar-refractivity contribution in [1.82, 2.24) is 10.6 Å². The number of carboxylic acid groups (broad SMARTS) is 1. The molecule has 1 aliphatic rings. The minimum absolute atomic E-state index is 0.0580. The zero-order valence-electron chi connectivity index (χ0n) is 10.6. The lowest BCUT2D eigenvalue weighted by atomic mass is 9.83. The van der Waals surface area contributed by atoms with Gasteiger partial charge in [-0.05, 0) is 25.8 Å². The number of hydrogen-bond acceptors (Lipinski definition) is 3. The van der Waals surface area contributed by atoms with Crippen molar-refractivity contribution in [2.24, 2.45) is 11.3 Å². The predicted octanol–water partition coefficient (Wildman–Crippen LogP) is 0.603. The summed E-state index contributed by atoms with van der Waals surface area (Å²) in [4.78, 5) is 22.7. The van der Waals surface area contributed by atoms with Crippen LogP contribution in [0.4, 0.5) is 0 Å². The molecule has 0 radical (unpaired) electrons. The quantitative estimate of drug-likeness (QED) is 0.637. The summed E-state index contributed by atoms with van der Waals surface area (Å²) >= 11 is 0. The third-order valence-corrected chi connectivity index (χ3v) is 3.69. The first-order valence-electron chi connectivity index (χ1n) is 6.23. The highest BCUT2D eigenvalue weighted by atomic mass is 16.4. The van der Waals surface area contributed by atoms with Gasteiger partial charge in [0.2, 0.25) is 5.91 Å². The van der Waals surface area contributed by atoms with Crippen molar-refractivity contribution in [3.05, 3.63) is 0 Å². The lowest BCUT2D eigenvalue weighted by Gasteiger charge is -2.25. The Morgan fingerprint density at radius 1 is 1.53 bits per heavy atom. The molecule has 5 heteroatoms. The van der Waals surface area contributed by atoms with Gasteiger partial charge < -0.3 is 15.7 Å². The highest BCUT2D eigenvalue weighted by Crippen LogP contribution is 2.29. The molecule has 0 aromatic carbocycles. The minimum atomic E-state index is -0.813. The van der Waals surface area contributed by atoms with Crippen LogP contribution in [0.2, 0.25) is 0 Å². The Bertz CT molecular complexity index is 285. The fraction of sp³-hybridized carbons (Fsp3) is 0.833. The second kappa shape index (κ2) is 6.00. The third kappa shape index (κ3) is 3.43. The van der Waals surface area contributed by atoms with E-state index in [9.17, 15) is 9.59 Å². The average Bonchev–Trinajstić information content (AvgIpc) is 2.78. The molecule has 1 rings (SSSR count). The molecule has 1 amide bonds. The second-order valence-corrected chi connectivity index (χ2v) is 4.84. The van der Waals surface area contributed by atoms with Gasteiger partial charge in [-0.15, -0.1) is 0 Å². The van der Waals surface area contributed by atoms with Gasteiger partial charge in [0.15, 0.2) is 0 Å². The van der Waals surface area contributed by atoms with E-state index in [0.29, 0.717) is 13.0 Å². The molecule has 0 bridgehead atoms. The Balaban J connectivity index is 2.36. The molecule has 2 unspecified atom stereocenters. The molecule has 0 spiro atoms. The van der Waals surface area contributed by atoms with Crippen LogP contribution in [0.5, 0.6) is 0 Å². The molecule has 0 aromatic rings. The molecule has 1 saturated heterocycles. The molecular weight excluding hydrogens is 220 g/mol. The van der Waals surface area contributed by atoms with Crippen molar-refractivity contribution >= 4 is 11.9 Å². The smallest absolute Gasteiger partial charge is 0.306 e. The fourth-order valence-electron chi connectivity index (χ4n) is 2.11. The van der Waals surface area contributed by atoms with E-state index >= 15 is 0 Å². The Kier molecular flexibility index (Phi) is 4.93. The molecule has 0 aromatic heterocycles. The first kappa shape index (κ1) is 14.0. The molecule has 1 aliphatic heterocycles. The lowest BCUT2D eigenvalue weighted by Crippen LogP contribution is -2.42. The summed E-state index contributed by atoms with van der Waals surface area (Å²) in [5.74, 6) is -1.16. The molecule has 0 saturated carbocycles. The van der Waals surface area contributed by atoms with E-state index in [2.05, 4.69) is 10.6 Å². The number of rotatable bonds is 6. The van der Waals surface area contributed by atoms with Crippen LogP contribution in [-0.2, 0) is 9.59 Å². The maximum Gasteiger partial charge on any atom is 0.306 e. The van der Waals surface area contributed by atoms with E-state index < -0.39 is 11.9 Å². The summed E-state index contributed by atoms with van der Waals surface area (Å²) in [6, 6.07) is 0. The summed E-state index contributed by atoms with van der Waals surface area (Å²) in [5.41, 5.74) is -0.285. The van der Waals surface area contributed by atoms with Gasteiger partial charge in [0.25, 0.3) is 0 Å². The average molecular weight is 242 g/mol. The monoisotopic (exact) mass is 242 g/mol. The van der Waals surface area contributed by atoms with E-state index in [-0.39, 0.29) is 11.3 Å². The fourth-order valence-corrected chi connectivity index (χ4v) is 2.11. The number of nitrogens with one attached hydrogen (secondary N) is 2. The summed E-state index contributed by atoms with van der Waals surface area (Å²) in [7, 11) is 0. The Labute approximate surface area is 102 Å². The molecule has 2 atom stereocenters. The number of carbonyl (C=O) groups excluding carboxylic acids is 1. The lowest BCUT2D eigenvalue weighted by molar-refractivity contribution is -0.141. The van der Waals surface area contributed by atoms with E-state index in [0.717, 1.165) is 25.9 Å². The Hall–Kier alpha value is -1.10. The number of carbonyl (C=O) groups is 2. The van der Waals surface area contributed by atoms with Gasteiger partial charge in [-0.3, -0.25) is 9.59 Å². The molecule has 3 N–H and O–H groups in total. The Morgan fingerprint density at radius 3 is 2.71 bits per heavy atom. The highest BCUT2D eigenvalue weighted by Gasteiger charge is 2.39. The van der Waals surface area contributed by atoms with E-state index in [4.69, 9.17) is 5.11 Å². The van der Waals surface area contributed by atoms with Crippen molar-refractivity contribution in [3.63, 3.8) is 0 Å². The van der Waals surface area contributed by atoms with Crippen LogP contribution >= 0.6 is 0 Å². The summed E-state index contributed by atoms with van der Waals surface area (Å²) < 4.78 is 0. The van der Waals surface area contributed by atoms with Crippen LogP contribution in [0, 0.1) is 11.3 Å². The Morgan fingerprint density at radius 2 is 2.24 bits per heavy atom. The SMILES string of the molecule is CCC1(C(=O)NCCC(C)C(=O)O)CCNC1.